The lowest BCUT2D eigenvalue weighted by Crippen LogP contribution is -2.38. The molecule has 0 radical (unpaired) electrons. The second-order valence-electron chi connectivity index (χ2n) is 6.35. The molecule has 0 spiro atoms. The molecule has 0 atom stereocenters. The van der Waals surface area contributed by atoms with Crippen LogP contribution in [0.3, 0.4) is 0 Å². The van der Waals surface area contributed by atoms with E-state index in [1.54, 1.807) is 5.38 Å². The topological polar surface area (TPSA) is 71.2 Å². The molecule has 0 aliphatic carbocycles. The van der Waals surface area contributed by atoms with Gasteiger partial charge in [0.2, 0.25) is 0 Å². The number of hydrogen-bond acceptors (Lipinski definition) is 5. The number of likely N-dealkylation sites (tertiary alicyclic amines) is 1. The maximum absolute atomic E-state index is 12.1. The normalized spacial score (nSPS) is 14.9. The van der Waals surface area contributed by atoms with Gasteiger partial charge in [-0.1, -0.05) is 29.8 Å². The quantitative estimate of drug-likeness (QED) is 0.702. The monoisotopic (exact) mass is 450 g/mol. The number of halogens is 3. The summed E-state index contributed by atoms with van der Waals surface area (Å²) in [5.74, 6) is 0.411. The predicted octanol–water partition coefficient (Wildman–Crippen LogP) is 3.74. The Labute approximate surface area is 181 Å². The van der Waals surface area contributed by atoms with E-state index < -0.39 is 0 Å². The van der Waals surface area contributed by atoms with Crippen LogP contribution in [0.15, 0.2) is 29.6 Å². The van der Waals surface area contributed by atoms with Crippen molar-refractivity contribution < 1.29 is 4.79 Å². The van der Waals surface area contributed by atoms with Gasteiger partial charge in [-0.25, -0.2) is 4.98 Å². The van der Waals surface area contributed by atoms with Crippen molar-refractivity contribution in [3.05, 3.63) is 50.9 Å². The Morgan fingerprint density at radius 3 is 2.63 bits per heavy atom. The fraction of sp³-hybridized carbons (Fsp3) is 0.444. The zero-order chi connectivity index (χ0) is 17.6. The van der Waals surface area contributed by atoms with Crippen LogP contribution in [0, 0.1) is 5.92 Å². The van der Waals surface area contributed by atoms with E-state index in [1.165, 1.54) is 16.9 Å². The van der Waals surface area contributed by atoms with Gasteiger partial charge in [0.05, 0.1) is 0 Å². The second-order valence-corrected chi connectivity index (χ2v) is 7.70. The Balaban J connectivity index is 0.00000182. The number of nitrogens with one attached hydrogen (secondary N) is 1. The Hall–Kier alpha value is -0.890. The average molecular weight is 452 g/mol. The molecular weight excluding hydrogens is 427 g/mol. The first-order chi connectivity index (χ1) is 12.2. The minimum Gasteiger partial charge on any atom is -0.350 e. The van der Waals surface area contributed by atoms with E-state index in [0.29, 0.717) is 24.7 Å². The third kappa shape index (κ3) is 6.89. The molecular formula is C18H25Cl3N4OS. The zero-order valence-corrected chi connectivity index (χ0v) is 18.1. The highest BCUT2D eigenvalue weighted by Gasteiger charge is 2.21. The van der Waals surface area contributed by atoms with E-state index in [9.17, 15) is 4.79 Å². The van der Waals surface area contributed by atoms with Crippen molar-refractivity contribution in [3.63, 3.8) is 0 Å². The molecule has 150 valence electrons. The zero-order valence-electron chi connectivity index (χ0n) is 14.9. The minimum atomic E-state index is -0.102. The van der Waals surface area contributed by atoms with Gasteiger partial charge in [0, 0.05) is 30.0 Å². The largest absolute Gasteiger partial charge is 0.350 e. The molecule has 1 aliphatic rings. The van der Waals surface area contributed by atoms with Crippen LogP contribution in [0.4, 0.5) is 0 Å². The maximum Gasteiger partial charge on any atom is 0.270 e. The number of benzene rings is 1. The summed E-state index contributed by atoms with van der Waals surface area (Å²) in [4.78, 5) is 18.8. The van der Waals surface area contributed by atoms with Gasteiger partial charge in [-0.15, -0.1) is 36.2 Å². The number of rotatable bonds is 6. The molecule has 1 aromatic carbocycles. The molecule has 5 nitrogen and oxygen atoms in total. The van der Waals surface area contributed by atoms with E-state index in [0.717, 1.165) is 42.5 Å². The van der Waals surface area contributed by atoms with Crippen LogP contribution in [0.5, 0.6) is 0 Å². The first-order valence-electron chi connectivity index (χ1n) is 8.54. The molecule has 1 amide bonds. The van der Waals surface area contributed by atoms with Gasteiger partial charge >= 0.3 is 0 Å². The SMILES string of the molecule is Cl.Cl.NCc1nc(C(=O)NCC2CCN(Cc3ccccc3Cl)CC2)cs1. The van der Waals surface area contributed by atoms with Crippen molar-refractivity contribution in [2.45, 2.75) is 25.9 Å². The Morgan fingerprint density at radius 2 is 2.00 bits per heavy atom. The third-order valence-electron chi connectivity index (χ3n) is 4.57. The molecule has 1 saturated heterocycles. The number of amides is 1. The average Bonchev–Trinajstić information content (AvgIpc) is 3.12. The molecule has 27 heavy (non-hydrogen) atoms. The number of thiazole rings is 1. The number of aromatic nitrogens is 1. The highest BCUT2D eigenvalue weighted by molar-refractivity contribution is 7.09. The number of hydrogen-bond donors (Lipinski definition) is 2. The fourth-order valence-electron chi connectivity index (χ4n) is 3.05. The predicted molar refractivity (Wildman–Crippen MR) is 116 cm³/mol. The number of carbonyl (C=O) groups is 1. The highest BCUT2D eigenvalue weighted by atomic mass is 35.5. The summed E-state index contributed by atoms with van der Waals surface area (Å²) in [6.07, 6.45) is 2.16. The summed E-state index contributed by atoms with van der Waals surface area (Å²) >= 11 is 7.67. The van der Waals surface area contributed by atoms with Gasteiger partial charge in [-0.2, -0.15) is 0 Å². The molecule has 1 fully saturated rings. The van der Waals surface area contributed by atoms with Gasteiger partial charge in [0.25, 0.3) is 5.91 Å². The standard InChI is InChI=1S/C18H23ClN4OS.2ClH/c19-15-4-2-1-3-14(15)11-23-7-5-13(6-8-23)10-21-18(24)16-12-25-17(9-20)22-16;;/h1-4,12-13H,5-11,20H2,(H,21,24);2*1H. The van der Waals surface area contributed by atoms with Gasteiger partial charge in [-0.3, -0.25) is 9.69 Å². The summed E-state index contributed by atoms with van der Waals surface area (Å²) in [6.45, 7) is 4.02. The number of nitrogens with zero attached hydrogens (tertiary/aromatic N) is 2. The van der Waals surface area contributed by atoms with Crippen LogP contribution < -0.4 is 11.1 Å². The lowest BCUT2D eigenvalue weighted by molar-refractivity contribution is 0.0931. The van der Waals surface area contributed by atoms with Crippen LogP contribution in [0.2, 0.25) is 5.02 Å². The second kappa shape index (κ2) is 11.8. The Kier molecular flexibility index (Phi) is 10.6. The van der Waals surface area contributed by atoms with Gasteiger partial charge in [0.1, 0.15) is 10.7 Å². The summed E-state index contributed by atoms with van der Waals surface area (Å²) < 4.78 is 0. The number of piperidine rings is 1. The van der Waals surface area contributed by atoms with Crippen molar-refractivity contribution in [1.29, 1.82) is 0 Å². The first kappa shape index (κ1) is 24.1. The molecule has 3 rings (SSSR count). The van der Waals surface area contributed by atoms with Gasteiger partial charge < -0.3 is 11.1 Å². The number of carbonyl (C=O) groups excluding carboxylic acids is 1. The Morgan fingerprint density at radius 1 is 1.30 bits per heavy atom. The molecule has 2 heterocycles. The van der Waals surface area contributed by atoms with E-state index in [1.807, 2.05) is 18.2 Å². The van der Waals surface area contributed by atoms with Crippen molar-refractivity contribution in [3.8, 4) is 0 Å². The van der Waals surface area contributed by atoms with Crippen molar-refractivity contribution in [2.75, 3.05) is 19.6 Å². The fourth-order valence-corrected chi connectivity index (χ4v) is 3.90. The van der Waals surface area contributed by atoms with E-state index >= 15 is 0 Å². The number of nitrogens with two attached hydrogens (primary N) is 1. The van der Waals surface area contributed by atoms with Crippen LogP contribution >= 0.6 is 47.8 Å². The summed E-state index contributed by atoms with van der Waals surface area (Å²) in [6, 6.07) is 8.00. The highest BCUT2D eigenvalue weighted by Crippen LogP contribution is 2.22. The molecule has 2 aromatic rings. The molecule has 9 heteroatoms. The van der Waals surface area contributed by atoms with Crippen molar-refractivity contribution in [1.82, 2.24) is 15.2 Å². The Bertz CT molecular complexity index is 720. The van der Waals surface area contributed by atoms with E-state index in [2.05, 4.69) is 21.3 Å². The van der Waals surface area contributed by atoms with E-state index in [4.69, 9.17) is 17.3 Å². The molecule has 0 unspecified atom stereocenters. The van der Waals surface area contributed by atoms with Crippen molar-refractivity contribution in [2.24, 2.45) is 11.7 Å². The molecule has 3 N–H and O–H groups in total. The lowest BCUT2D eigenvalue weighted by atomic mass is 9.96. The minimum absolute atomic E-state index is 0. The summed E-state index contributed by atoms with van der Waals surface area (Å²) in [5.41, 5.74) is 7.18. The lowest BCUT2D eigenvalue weighted by Gasteiger charge is -2.32. The molecule has 1 aliphatic heterocycles. The van der Waals surface area contributed by atoms with Crippen LogP contribution in [-0.4, -0.2) is 35.4 Å². The molecule has 0 bridgehead atoms. The molecule has 1 aromatic heterocycles. The van der Waals surface area contributed by atoms with Crippen LogP contribution in [0.1, 0.15) is 33.9 Å². The van der Waals surface area contributed by atoms with Gasteiger partial charge in [0.15, 0.2) is 0 Å². The smallest absolute Gasteiger partial charge is 0.270 e. The van der Waals surface area contributed by atoms with Crippen LogP contribution in [-0.2, 0) is 13.1 Å². The van der Waals surface area contributed by atoms with E-state index in [-0.39, 0.29) is 30.7 Å². The molecule has 0 saturated carbocycles. The van der Waals surface area contributed by atoms with Crippen molar-refractivity contribution >= 4 is 53.7 Å². The third-order valence-corrected chi connectivity index (χ3v) is 5.81. The summed E-state index contributed by atoms with van der Waals surface area (Å²) in [7, 11) is 0. The van der Waals surface area contributed by atoms with Crippen LogP contribution in [0.25, 0.3) is 0 Å². The summed E-state index contributed by atoms with van der Waals surface area (Å²) in [5, 5.41) is 6.39. The first-order valence-corrected chi connectivity index (χ1v) is 9.80. The van der Waals surface area contributed by atoms with Gasteiger partial charge in [-0.05, 0) is 43.5 Å². The maximum atomic E-state index is 12.1.